The van der Waals surface area contributed by atoms with Crippen LogP contribution in [-0.2, 0) is 16.6 Å². The van der Waals surface area contributed by atoms with E-state index in [4.69, 9.17) is 0 Å². The summed E-state index contributed by atoms with van der Waals surface area (Å²) in [5, 5.41) is 2.73. The molecule has 7 nitrogen and oxygen atoms in total. The second kappa shape index (κ2) is 6.73. The largest absolute Gasteiger partial charge is 0.366 e. The van der Waals surface area contributed by atoms with Crippen molar-refractivity contribution in [2.24, 2.45) is 0 Å². The number of aromatic nitrogens is 2. The summed E-state index contributed by atoms with van der Waals surface area (Å²) >= 11 is 0. The van der Waals surface area contributed by atoms with E-state index in [9.17, 15) is 12.8 Å². The molecule has 9 heteroatoms. The van der Waals surface area contributed by atoms with E-state index in [1.165, 1.54) is 20.4 Å². The van der Waals surface area contributed by atoms with Crippen LogP contribution in [0.15, 0.2) is 6.33 Å². The minimum atomic E-state index is -3.46. The van der Waals surface area contributed by atoms with Crippen molar-refractivity contribution in [3.8, 4) is 0 Å². The minimum absolute atomic E-state index is 0.0795. The number of nitrogens with one attached hydrogen (secondary N) is 2. The maximum absolute atomic E-state index is 13.7. The average molecular weight is 291 g/mol. The van der Waals surface area contributed by atoms with Gasteiger partial charge in [0.05, 0.1) is 5.69 Å². The lowest BCUT2D eigenvalue weighted by atomic mass is 10.3. The van der Waals surface area contributed by atoms with Crippen molar-refractivity contribution in [3.05, 3.63) is 17.8 Å². The third-order valence-electron chi connectivity index (χ3n) is 2.38. The van der Waals surface area contributed by atoms with Crippen molar-refractivity contribution < 1.29 is 12.8 Å². The zero-order valence-electron chi connectivity index (χ0n) is 11.1. The van der Waals surface area contributed by atoms with Crippen LogP contribution >= 0.6 is 0 Å². The van der Waals surface area contributed by atoms with Gasteiger partial charge in [0.2, 0.25) is 0 Å². The van der Waals surface area contributed by atoms with Crippen LogP contribution in [0.1, 0.15) is 12.6 Å². The quantitative estimate of drug-likeness (QED) is 0.690. The van der Waals surface area contributed by atoms with E-state index in [0.29, 0.717) is 12.1 Å². The predicted octanol–water partition coefficient (Wildman–Crippen LogP) is -0.0140. The van der Waals surface area contributed by atoms with Crippen molar-refractivity contribution in [1.82, 2.24) is 19.0 Å². The molecule has 1 rings (SSSR count). The van der Waals surface area contributed by atoms with E-state index in [2.05, 4.69) is 20.0 Å². The van der Waals surface area contributed by atoms with Crippen LogP contribution in [0.3, 0.4) is 0 Å². The molecule has 19 heavy (non-hydrogen) atoms. The smallest absolute Gasteiger partial charge is 0.278 e. The molecule has 0 aliphatic heterocycles. The Bertz CT molecular complexity index is 521. The van der Waals surface area contributed by atoms with Gasteiger partial charge in [0, 0.05) is 27.2 Å². The standard InChI is InChI=1S/C10H18FN5O2S/c1-4-8-9(11)10(14-7-13-8)12-5-6-15-19(17,18)16(2)3/h7,15H,4-6H2,1-3H3,(H,12,13,14). The number of hydrogen-bond donors (Lipinski definition) is 2. The molecule has 1 aromatic rings. The zero-order chi connectivity index (χ0) is 14.5. The van der Waals surface area contributed by atoms with E-state index >= 15 is 0 Å². The molecule has 108 valence electrons. The molecule has 0 aliphatic rings. The Kier molecular flexibility index (Phi) is 5.58. The Balaban J connectivity index is 2.51. The third-order valence-corrected chi connectivity index (χ3v) is 3.91. The molecule has 0 saturated heterocycles. The topological polar surface area (TPSA) is 87.2 Å². The number of hydrogen-bond acceptors (Lipinski definition) is 5. The van der Waals surface area contributed by atoms with E-state index < -0.39 is 16.0 Å². The fourth-order valence-corrected chi connectivity index (χ4v) is 1.88. The first-order valence-corrected chi connectivity index (χ1v) is 7.22. The molecule has 0 fully saturated rings. The first kappa shape index (κ1) is 15.7. The molecule has 0 spiro atoms. The summed E-state index contributed by atoms with van der Waals surface area (Å²) in [6.45, 7) is 2.15. The number of nitrogens with zero attached hydrogens (tertiary/aromatic N) is 3. The Morgan fingerprint density at radius 2 is 2.00 bits per heavy atom. The van der Waals surface area contributed by atoms with Gasteiger partial charge < -0.3 is 5.32 Å². The molecule has 0 radical (unpaired) electrons. The number of anilines is 1. The van der Waals surface area contributed by atoms with Gasteiger partial charge in [-0.25, -0.2) is 19.1 Å². The van der Waals surface area contributed by atoms with Gasteiger partial charge in [-0.2, -0.15) is 12.7 Å². The Hall–Kier alpha value is -1.32. The normalized spacial score (nSPS) is 11.8. The van der Waals surface area contributed by atoms with E-state index in [-0.39, 0.29) is 18.9 Å². The summed E-state index contributed by atoms with van der Waals surface area (Å²) in [6.07, 6.45) is 1.74. The number of rotatable bonds is 7. The van der Waals surface area contributed by atoms with Crippen molar-refractivity contribution >= 4 is 16.0 Å². The molecular formula is C10H18FN5O2S. The van der Waals surface area contributed by atoms with Gasteiger partial charge in [-0.15, -0.1) is 0 Å². The lowest BCUT2D eigenvalue weighted by Crippen LogP contribution is -2.38. The SMILES string of the molecule is CCc1ncnc(NCCNS(=O)(=O)N(C)C)c1F. The number of halogens is 1. The summed E-state index contributed by atoms with van der Waals surface area (Å²) in [4.78, 5) is 7.57. The summed E-state index contributed by atoms with van der Waals surface area (Å²) in [7, 11) is -0.611. The third kappa shape index (κ3) is 4.37. The first-order valence-electron chi connectivity index (χ1n) is 5.78. The van der Waals surface area contributed by atoms with Crippen LogP contribution in [0.5, 0.6) is 0 Å². The van der Waals surface area contributed by atoms with Crippen LogP contribution in [0.2, 0.25) is 0 Å². The Labute approximate surface area is 112 Å². The van der Waals surface area contributed by atoms with Crippen LogP contribution in [0.25, 0.3) is 0 Å². The van der Waals surface area contributed by atoms with Gasteiger partial charge in [-0.3, -0.25) is 0 Å². The van der Waals surface area contributed by atoms with E-state index in [1.807, 2.05) is 0 Å². The fourth-order valence-electron chi connectivity index (χ4n) is 1.27. The summed E-state index contributed by atoms with van der Waals surface area (Å²) in [6, 6.07) is 0. The lowest BCUT2D eigenvalue weighted by Gasteiger charge is -2.13. The van der Waals surface area contributed by atoms with Crippen molar-refractivity contribution in [3.63, 3.8) is 0 Å². The molecule has 0 bridgehead atoms. The molecule has 0 unspecified atom stereocenters. The maximum Gasteiger partial charge on any atom is 0.278 e. The Morgan fingerprint density at radius 3 is 2.58 bits per heavy atom. The Morgan fingerprint density at radius 1 is 1.32 bits per heavy atom. The van der Waals surface area contributed by atoms with Crippen LogP contribution in [-0.4, -0.2) is 49.9 Å². The molecule has 0 aliphatic carbocycles. The predicted molar refractivity (Wildman–Crippen MR) is 70.5 cm³/mol. The van der Waals surface area contributed by atoms with Crippen molar-refractivity contribution in [1.29, 1.82) is 0 Å². The summed E-state index contributed by atoms with van der Waals surface area (Å²) in [5.41, 5.74) is 0.325. The fraction of sp³-hybridized carbons (Fsp3) is 0.600. The van der Waals surface area contributed by atoms with E-state index in [0.717, 1.165) is 4.31 Å². The highest BCUT2D eigenvalue weighted by atomic mass is 32.2. The van der Waals surface area contributed by atoms with Gasteiger partial charge in [0.25, 0.3) is 10.2 Å². The van der Waals surface area contributed by atoms with Crippen LogP contribution < -0.4 is 10.0 Å². The van der Waals surface area contributed by atoms with Gasteiger partial charge in [-0.1, -0.05) is 6.92 Å². The van der Waals surface area contributed by atoms with Gasteiger partial charge in [0.1, 0.15) is 6.33 Å². The first-order chi connectivity index (χ1) is 8.88. The van der Waals surface area contributed by atoms with Gasteiger partial charge in [-0.05, 0) is 6.42 Å². The zero-order valence-corrected chi connectivity index (χ0v) is 12.0. The monoisotopic (exact) mass is 291 g/mol. The maximum atomic E-state index is 13.7. The van der Waals surface area contributed by atoms with E-state index in [1.54, 1.807) is 6.92 Å². The molecular weight excluding hydrogens is 273 g/mol. The van der Waals surface area contributed by atoms with Crippen molar-refractivity contribution in [2.75, 3.05) is 32.5 Å². The highest BCUT2D eigenvalue weighted by Crippen LogP contribution is 2.12. The molecule has 0 aromatic carbocycles. The highest BCUT2D eigenvalue weighted by molar-refractivity contribution is 7.87. The molecule has 0 atom stereocenters. The highest BCUT2D eigenvalue weighted by Gasteiger charge is 2.12. The molecule has 0 saturated carbocycles. The van der Waals surface area contributed by atoms with Crippen LogP contribution in [0.4, 0.5) is 10.2 Å². The lowest BCUT2D eigenvalue weighted by molar-refractivity contribution is 0.507. The average Bonchev–Trinajstić information content (AvgIpc) is 2.36. The van der Waals surface area contributed by atoms with Gasteiger partial charge >= 0.3 is 0 Å². The summed E-state index contributed by atoms with van der Waals surface area (Å²) in [5.74, 6) is -0.420. The molecule has 2 N–H and O–H groups in total. The van der Waals surface area contributed by atoms with Crippen molar-refractivity contribution in [2.45, 2.75) is 13.3 Å². The number of aryl methyl sites for hydroxylation is 1. The second-order valence-corrected chi connectivity index (χ2v) is 5.91. The summed E-state index contributed by atoms with van der Waals surface area (Å²) < 4.78 is 39.9. The van der Waals surface area contributed by atoms with Gasteiger partial charge in [0.15, 0.2) is 11.6 Å². The second-order valence-electron chi connectivity index (χ2n) is 3.95. The molecule has 1 heterocycles. The molecule has 0 amide bonds. The minimum Gasteiger partial charge on any atom is -0.366 e. The van der Waals surface area contributed by atoms with Crippen LogP contribution in [0, 0.1) is 5.82 Å². The molecule has 1 aromatic heterocycles.